The number of nitrogens with one attached hydrogen (secondary N) is 4. The number of Topliss-reactive ketones (excluding diaryl/α,β-unsaturated/α-hetero) is 4. The molecule has 5 aromatic rings. The largest absolute Gasteiger partial charge is 0.358 e. The number of hydrogen-bond acceptors (Lipinski definition) is 24. The second-order valence-electron chi connectivity index (χ2n) is 30.8. The molecular weight excluding hydrogens is 1490 g/mol. The van der Waals surface area contributed by atoms with E-state index in [0.717, 1.165) is 70.8 Å². The number of unbranched alkanes of at least 4 members (excludes halogenated alkanes) is 1. The Morgan fingerprint density at radius 2 is 0.809 bits per heavy atom. The molecule has 0 bridgehead atoms. The van der Waals surface area contributed by atoms with E-state index in [1.807, 2.05) is 59.1 Å². The summed E-state index contributed by atoms with van der Waals surface area (Å²) >= 11 is 0. The average molecular weight is 1610 g/mol. The molecule has 4 spiro atoms. The number of imidazole rings is 1. The van der Waals surface area contributed by atoms with Gasteiger partial charge in [-0.2, -0.15) is 17.2 Å². The zero-order valence-electron chi connectivity index (χ0n) is 65.5. The smallest absolute Gasteiger partial charge is 0.245 e. The predicted octanol–water partition coefficient (Wildman–Crippen LogP) is 5.60. The number of benzene rings is 4. The SMILES string of the molecule is CC(=O)c1ccc(S(=O)(=O)N2C(CCCCN(C)C)COC23CCNCC3)cc1.CC(=O)c1ccc(S(=O)(=O)N2C(CN(C)C)COC23CCNCC3)cc1.CC(=O)c1ccc(S(=O)(=O)N2C(Cc3cnc[nH]3)COC23CCNCC3)cc1.CC(=O)c1ccc(S(=O)(=O)N2CC(CN(C)C)OC23CCN(C)CC3)cc1. The van der Waals surface area contributed by atoms with Gasteiger partial charge in [0.1, 0.15) is 22.9 Å². The highest BCUT2D eigenvalue weighted by Gasteiger charge is 2.58. The Bertz CT molecular complexity index is 4400. The third-order valence-electron chi connectivity index (χ3n) is 21.8. The zero-order valence-corrected chi connectivity index (χ0v) is 68.7. The van der Waals surface area contributed by atoms with Crippen LogP contribution in [0.3, 0.4) is 0 Å². The van der Waals surface area contributed by atoms with Crippen molar-refractivity contribution in [3.05, 3.63) is 138 Å². The highest BCUT2D eigenvalue weighted by atomic mass is 32.2. The monoisotopic (exact) mass is 1600 g/mol. The number of H-pyrrole nitrogens is 1. The quantitative estimate of drug-likeness (QED) is 0.0457. The van der Waals surface area contributed by atoms with Gasteiger partial charge in [-0.05, 0) is 184 Å². The Morgan fingerprint density at radius 3 is 1.16 bits per heavy atom. The number of sulfonamides is 4. The predicted molar refractivity (Wildman–Crippen MR) is 417 cm³/mol. The standard InChI is InChI=1S/C21H33N3O4S.C19H24N4O4S.C19H29N3O4S.C18H27N3O4S/c1-17(25)18-7-9-20(10-8-18)29(26,27)24-19(6-4-5-15-23(2)3)16-28-21(24)11-13-22-14-12-21;1-14(24)15-2-4-18(5-3-15)28(25,26)23-17(10-16-11-21-13-22-16)12-27-19(23)6-8-20-9-7-19;1-15(23)16-5-7-18(8-6-16)27(24,25)22-14-17(13-20(2)3)26-19(22)9-11-21(4)12-10-19;1-14(22)15-4-6-17(7-5-15)26(23,24)21-16(12-20(2)3)13-25-18(21)8-10-19-11-9-18/h7-10,19,22H,4-6,11-16H2,1-3H3;2-5,11,13,17,20H,6-10,12H2,1H3,(H,21,22);5-8,17H,9-14H2,1-4H3;4-7,16,19H,8-13H2,1-3H3. The van der Waals surface area contributed by atoms with E-state index in [2.05, 4.69) is 35.7 Å². The first-order valence-corrected chi connectivity index (χ1v) is 43.8. The number of carbonyl (C=O) groups excluding carboxylic acids is 4. The number of hydrogen-bond donors (Lipinski definition) is 4. The van der Waals surface area contributed by atoms with Gasteiger partial charge in [0.25, 0.3) is 0 Å². The molecule has 29 nitrogen and oxygen atoms in total. The van der Waals surface area contributed by atoms with E-state index >= 15 is 0 Å². The van der Waals surface area contributed by atoms with Gasteiger partial charge in [-0.3, -0.25) is 19.2 Å². The molecule has 0 amide bonds. The van der Waals surface area contributed by atoms with Gasteiger partial charge < -0.3 is 59.5 Å². The number of aromatic nitrogens is 2. The first-order chi connectivity index (χ1) is 52.1. The molecule has 0 radical (unpaired) electrons. The minimum Gasteiger partial charge on any atom is -0.358 e. The molecule has 33 heteroatoms. The number of rotatable bonds is 23. The maximum absolute atomic E-state index is 13.7. The molecule has 9 heterocycles. The van der Waals surface area contributed by atoms with E-state index in [1.165, 1.54) is 64.1 Å². The lowest BCUT2D eigenvalue weighted by atomic mass is 10.0. The van der Waals surface area contributed by atoms with Crippen molar-refractivity contribution in [2.45, 2.75) is 171 Å². The number of likely N-dealkylation sites (tertiary alicyclic amines) is 1. The summed E-state index contributed by atoms with van der Waals surface area (Å²) in [5.41, 5.74) is -0.305. The summed E-state index contributed by atoms with van der Waals surface area (Å²) in [6, 6.07) is 24.1. The Balaban J connectivity index is 0.000000156. The first-order valence-electron chi connectivity index (χ1n) is 38.0. The van der Waals surface area contributed by atoms with E-state index in [4.69, 9.17) is 18.9 Å². The lowest BCUT2D eigenvalue weighted by molar-refractivity contribution is -0.114. The number of nitrogens with zero attached hydrogens (tertiary/aromatic N) is 9. The molecule has 8 aliphatic heterocycles. The van der Waals surface area contributed by atoms with Crippen molar-refractivity contribution in [2.75, 3.05) is 148 Å². The van der Waals surface area contributed by atoms with Crippen molar-refractivity contribution in [3.8, 4) is 0 Å². The zero-order chi connectivity index (χ0) is 79.6. The van der Waals surface area contributed by atoms with Crippen molar-refractivity contribution < 1.29 is 71.8 Å². The topological polar surface area (TPSA) is 332 Å². The molecule has 606 valence electrons. The lowest BCUT2D eigenvalue weighted by Crippen LogP contribution is -2.57. The van der Waals surface area contributed by atoms with Gasteiger partial charge in [-0.1, -0.05) is 55.0 Å². The van der Waals surface area contributed by atoms with Gasteiger partial charge in [0.05, 0.1) is 70.0 Å². The van der Waals surface area contributed by atoms with Crippen molar-refractivity contribution >= 4 is 63.2 Å². The number of likely N-dealkylation sites (N-methyl/N-ethyl adjacent to an activating group) is 2. The molecule has 4 atom stereocenters. The summed E-state index contributed by atoms with van der Waals surface area (Å²) in [6.07, 6.45) is 11.4. The van der Waals surface area contributed by atoms with E-state index in [1.54, 1.807) is 90.4 Å². The van der Waals surface area contributed by atoms with Crippen LogP contribution in [0.5, 0.6) is 0 Å². The second kappa shape index (κ2) is 36.6. The molecule has 8 saturated heterocycles. The number of aromatic amines is 1. The first kappa shape index (κ1) is 86.4. The molecular formula is C77H113N13O16S4. The molecule has 4 N–H and O–H groups in total. The number of ether oxygens (including phenoxy) is 4. The van der Waals surface area contributed by atoms with Crippen LogP contribution < -0.4 is 16.0 Å². The Morgan fingerprint density at radius 1 is 0.455 bits per heavy atom. The molecule has 1 aromatic heterocycles. The number of ketones is 4. The summed E-state index contributed by atoms with van der Waals surface area (Å²) in [4.78, 5) is 62.3. The molecule has 110 heavy (non-hydrogen) atoms. The van der Waals surface area contributed by atoms with Crippen LogP contribution >= 0.6 is 0 Å². The van der Waals surface area contributed by atoms with Crippen molar-refractivity contribution in [1.82, 2.24) is 62.7 Å². The van der Waals surface area contributed by atoms with E-state index in [9.17, 15) is 52.8 Å². The van der Waals surface area contributed by atoms with Gasteiger partial charge in [0.15, 0.2) is 23.1 Å². The summed E-state index contributed by atoms with van der Waals surface area (Å²) in [5.74, 6) is -0.340. The van der Waals surface area contributed by atoms with Crippen molar-refractivity contribution in [1.29, 1.82) is 0 Å². The highest BCUT2D eigenvalue weighted by Crippen LogP contribution is 2.45. The molecule has 8 aliphatic rings. The normalized spacial score (nSPS) is 23.1. The summed E-state index contributed by atoms with van der Waals surface area (Å²) < 4.78 is 140. The van der Waals surface area contributed by atoms with Gasteiger partial charge in [-0.15, -0.1) is 0 Å². The Hall–Kier alpha value is -6.03. The van der Waals surface area contributed by atoms with Crippen LogP contribution in [0.4, 0.5) is 0 Å². The maximum Gasteiger partial charge on any atom is 0.245 e. The molecule has 0 aliphatic carbocycles. The van der Waals surface area contributed by atoms with Crippen LogP contribution in [0.1, 0.15) is 145 Å². The molecule has 4 unspecified atom stereocenters. The summed E-state index contributed by atoms with van der Waals surface area (Å²) in [5, 5.41) is 9.85. The van der Waals surface area contributed by atoms with Crippen LogP contribution in [0.25, 0.3) is 0 Å². The fraction of sp³-hybridized carbons (Fsp3) is 0.597. The van der Waals surface area contributed by atoms with Crippen LogP contribution in [0.15, 0.2) is 129 Å². The third-order valence-corrected chi connectivity index (χ3v) is 29.8. The minimum absolute atomic E-state index is 0.0768. The minimum atomic E-state index is -3.81. The summed E-state index contributed by atoms with van der Waals surface area (Å²) in [7, 11) is -1.08. The fourth-order valence-electron chi connectivity index (χ4n) is 16.1. The average Bonchev–Trinajstić information content (AvgIpc) is 1.58. The van der Waals surface area contributed by atoms with E-state index in [0.29, 0.717) is 133 Å². The van der Waals surface area contributed by atoms with Crippen molar-refractivity contribution in [2.24, 2.45) is 0 Å². The second-order valence-corrected chi connectivity index (χ2v) is 38.1. The summed E-state index contributed by atoms with van der Waals surface area (Å²) in [6.45, 7) is 15.6. The highest BCUT2D eigenvalue weighted by molar-refractivity contribution is 7.90. The molecule has 13 rings (SSSR count). The van der Waals surface area contributed by atoms with Crippen molar-refractivity contribution in [3.63, 3.8) is 0 Å². The van der Waals surface area contributed by atoms with E-state index < -0.39 is 63.0 Å². The van der Waals surface area contributed by atoms with Gasteiger partial charge >= 0.3 is 0 Å². The number of carbonyl (C=O) groups is 4. The van der Waals surface area contributed by atoms with Crippen LogP contribution in [-0.4, -0.2) is 298 Å². The number of piperidine rings is 4. The van der Waals surface area contributed by atoms with Crippen LogP contribution in [0.2, 0.25) is 0 Å². The molecule has 0 saturated carbocycles. The molecule has 8 fully saturated rings. The third kappa shape index (κ3) is 19.8. The maximum atomic E-state index is 13.7. The lowest BCUT2D eigenvalue weighted by Gasteiger charge is -2.42. The van der Waals surface area contributed by atoms with E-state index in [-0.39, 0.29) is 66.9 Å². The fourth-order valence-corrected chi connectivity index (χ4v) is 23.6. The molecule has 4 aromatic carbocycles. The van der Waals surface area contributed by atoms with Crippen LogP contribution in [-0.2, 0) is 65.5 Å². The Labute approximate surface area is 650 Å². The van der Waals surface area contributed by atoms with Gasteiger partial charge in [0, 0.05) is 125 Å². The van der Waals surface area contributed by atoms with Gasteiger partial charge in [-0.25, -0.2) is 38.7 Å². The van der Waals surface area contributed by atoms with Crippen LogP contribution in [0, 0.1) is 0 Å². The Kier molecular flexibility index (Phi) is 28.8. The van der Waals surface area contributed by atoms with Gasteiger partial charge in [0.2, 0.25) is 40.1 Å².